The maximum absolute atomic E-state index is 6.03. The molecule has 3 nitrogen and oxygen atoms in total. The highest BCUT2D eigenvalue weighted by atomic mass is 35.5. The third-order valence-electron chi connectivity index (χ3n) is 2.65. The molecule has 0 bridgehead atoms. The monoisotopic (exact) mass is 262 g/mol. The quantitative estimate of drug-likeness (QED) is 0.786. The molecule has 1 aromatic carbocycles. The summed E-state index contributed by atoms with van der Waals surface area (Å²) in [6, 6.07) is 9.42. The van der Waals surface area contributed by atoms with Crippen molar-refractivity contribution in [2.24, 2.45) is 0 Å². The molecule has 1 aromatic heterocycles. The van der Waals surface area contributed by atoms with Crippen LogP contribution in [0.25, 0.3) is 11.4 Å². The van der Waals surface area contributed by atoms with Gasteiger partial charge >= 0.3 is 0 Å². The first kappa shape index (κ1) is 12.8. The van der Waals surface area contributed by atoms with Gasteiger partial charge in [0, 0.05) is 11.3 Å². The third kappa shape index (κ3) is 2.79. The van der Waals surface area contributed by atoms with Crippen LogP contribution in [0.5, 0.6) is 5.75 Å². The van der Waals surface area contributed by atoms with Crippen LogP contribution in [-0.2, 0) is 0 Å². The average molecular weight is 263 g/mol. The van der Waals surface area contributed by atoms with E-state index in [1.807, 2.05) is 24.3 Å². The molecular weight excluding hydrogens is 248 g/mol. The highest BCUT2D eigenvalue weighted by Crippen LogP contribution is 2.23. The van der Waals surface area contributed by atoms with E-state index < -0.39 is 0 Å². The van der Waals surface area contributed by atoms with Gasteiger partial charge in [0.25, 0.3) is 0 Å². The zero-order chi connectivity index (χ0) is 13.1. The van der Waals surface area contributed by atoms with E-state index in [4.69, 9.17) is 16.3 Å². The van der Waals surface area contributed by atoms with Crippen molar-refractivity contribution >= 4 is 11.6 Å². The lowest BCUT2D eigenvalue weighted by Crippen LogP contribution is -1.98. The molecule has 2 rings (SSSR count). The van der Waals surface area contributed by atoms with Crippen molar-refractivity contribution in [3.63, 3.8) is 0 Å². The van der Waals surface area contributed by atoms with Crippen molar-refractivity contribution in [2.45, 2.75) is 19.8 Å². The summed E-state index contributed by atoms with van der Waals surface area (Å²) in [5, 5.41) is 0.472. The molecule has 0 atom stereocenters. The maximum Gasteiger partial charge on any atom is 0.161 e. The van der Waals surface area contributed by atoms with Crippen LogP contribution in [0.15, 0.2) is 30.3 Å². The summed E-state index contributed by atoms with van der Waals surface area (Å²) in [6.07, 6.45) is 0. The minimum Gasteiger partial charge on any atom is -0.497 e. The highest BCUT2D eigenvalue weighted by Gasteiger charge is 2.08. The van der Waals surface area contributed by atoms with Crippen LogP contribution >= 0.6 is 11.6 Å². The number of methoxy groups -OCH3 is 1. The zero-order valence-corrected chi connectivity index (χ0v) is 11.4. The zero-order valence-electron chi connectivity index (χ0n) is 10.6. The Morgan fingerprint density at radius 3 is 2.33 bits per heavy atom. The Morgan fingerprint density at radius 1 is 1.11 bits per heavy atom. The van der Waals surface area contributed by atoms with Gasteiger partial charge in [0.15, 0.2) is 5.82 Å². The molecule has 2 aromatic rings. The van der Waals surface area contributed by atoms with E-state index in [0.29, 0.717) is 16.9 Å². The lowest BCUT2D eigenvalue weighted by Gasteiger charge is -2.08. The van der Waals surface area contributed by atoms with Gasteiger partial charge in [0.1, 0.15) is 10.9 Å². The van der Waals surface area contributed by atoms with E-state index in [0.717, 1.165) is 17.0 Å². The van der Waals surface area contributed by atoms with Gasteiger partial charge in [-0.25, -0.2) is 9.97 Å². The lowest BCUT2D eigenvalue weighted by molar-refractivity contribution is 0.415. The van der Waals surface area contributed by atoms with Gasteiger partial charge in [-0.15, -0.1) is 0 Å². The van der Waals surface area contributed by atoms with Crippen molar-refractivity contribution < 1.29 is 4.74 Å². The molecule has 0 unspecified atom stereocenters. The smallest absolute Gasteiger partial charge is 0.161 e. The normalized spacial score (nSPS) is 10.7. The predicted octanol–water partition coefficient (Wildman–Crippen LogP) is 3.93. The Morgan fingerprint density at radius 2 is 1.78 bits per heavy atom. The summed E-state index contributed by atoms with van der Waals surface area (Å²) in [5.41, 5.74) is 1.88. The van der Waals surface area contributed by atoms with E-state index in [2.05, 4.69) is 23.8 Å². The molecule has 18 heavy (non-hydrogen) atoms. The first-order valence-corrected chi connectivity index (χ1v) is 6.17. The molecule has 0 radical (unpaired) electrons. The summed E-state index contributed by atoms with van der Waals surface area (Å²) in [6.45, 7) is 4.16. The highest BCUT2D eigenvalue weighted by molar-refractivity contribution is 6.29. The van der Waals surface area contributed by atoms with Crippen molar-refractivity contribution in [3.8, 4) is 17.1 Å². The lowest BCUT2D eigenvalue weighted by atomic mass is 10.1. The Bertz CT molecular complexity index is 538. The number of nitrogens with zero attached hydrogens (tertiary/aromatic N) is 2. The average Bonchev–Trinajstić information content (AvgIpc) is 2.38. The van der Waals surface area contributed by atoms with E-state index in [9.17, 15) is 0 Å². The van der Waals surface area contributed by atoms with Gasteiger partial charge in [-0.05, 0) is 36.2 Å². The van der Waals surface area contributed by atoms with Gasteiger partial charge in [-0.1, -0.05) is 25.4 Å². The SMILES string of the molecule is COc1ccc(-c2nc(Cl)cc(C(C)C)n2)cc1. The second kappa shape index (κ2) is 5.36. The molecule has 0 spiro atoms. The fraction of sp³-hybridized carbons (Fsp3) is 0.286. The molecule has 4 heteroatoms. The number of ether oxygens (including phenoxy) is 1. The van der Waals surface area contributed by atoms with Crippen LogP contribution in [-0.4, -0.2) is 17.1 Å². The van der Waals surface area contributed by atoms with Crippen LogP contribution in [0.2, 0.25) is 5.15 Å². The summed E-state index contributed by atoms with van der Waals surface area (Å²) in [4.78, 5) is 8.78. The fourth-order valence-electron chi connectivity index (χ4n) is 1.60. The van der Waals surface area contributed by atoms with Gasteiger partial charge in [-0.3, -0.25) is 0 Å². The van der Waals surface area contributed by atoms with E-state index in [-0.39, 0.29) is 0 Å². The molecule has 0 aliphatic carbocycles. The van der Waals surface area contributed by atoms with Crippen molar-refractivity contribution in [2.75, 3.05) is 7.11 Å². The standard InChI is InChI=1S/C14H15ClN2O/c1-9(2)12-8-13(15)17-14(16-12)10-4-6-11(18-3)7-5-10/h4-9H,1-3H3. The number of hydrogen-bond acceptors (Lipinski definition) is 3. The van der Waals surface area contributed by atoms with E-state index in [1.54, 1.807) is 13.2 Å². The first-order valence-electron chi connectivity index (χ1n) is 5.79. The molecule has 0 saturated carbocycles. The Labute approximate surface area is 112 Å². The second-order valence-electron chi connectivity index (χ2n) is 4.32. The van der Waals surface area contributed by atoms with Crippen molar-refractivity contribution in [3.05, 3.63) is 41.2 Å². The topological polar surface area (TPSA) is 35.0 Å². The fourth-order valence-corrected chi connectivity index (χ4v) is 1.79. The second-order valence-corrected chi connectivity index (χ2v) is 4.71. The number of aromatic nitrogens is 2. The van der Waals surface area contributed by atoms with Crippen LogP contribution in [0, 0.1) is 0 Å². The van der Waals surface area contributed by atoms with Gasteiger partial charge in [0.2, 0.25) is 0 Å². The third-order valence-corrected chi connectivity index (χ3v) is 2.85. The van der Waals surface area contributed by atoms with Crippen LogP contribution in [0.3, 0.4) is 0 Å². The van der Waals surface area contributed by atoms with Crippen molar-refractivity contribution in [1.29, 1.82) is 0 Å². The summed E-state index contributed by atoms with van der Waals surface area (Å²) in [5.74, 6) is 1.78. The number of halogens is 1. The van der Waals surface area contributed by atoms with E-state index >= 15 is 0 Å². The van der Waals surface area contributed by atoms with Gasteiger partial charge in [0.05, 0.1) is 7.11 Å². The minimum atomic E-state index is 0.322. The molecule has 94 valence electrons. The van der Waals surface area contributed by atoms with Crippen LogP contribution in [0.1, 0.15) is 25.5 Å². The molecule has 0 amide bonds. The predicted molar refractivity (Wildman–Crippen MR) is 73.1 cm³/mol. The number of benzene rings is 1. The molecule has 1 heterocycles. The summed E-state index contributed by atoms with van der Waals surface area (Å²) >= 11 is 6.03. The van der Waals surface area contributed by atoms with Crippen molar-refractivity contribution in [1.82, 2.24) is 9.97 Å². The van der Waals surface area contributed by atoms with Gasteiger partial charge in [-0.2, -0.15) is 0 Å². The Kier molecular flexibility index (Phi) is 3.82. The number of rotatable bonds is 3. The van der Waals surface area contributed by atoms with Gasteiger partial charge < -0.3 is 4.74 Å². The first-order chi connectivity index (χ1) is 8.60. The summed E-state index contributed by atoms with van der Waals surface area (Å²) in [7, 11) is 1.64. The minimum absolute atomic E-state index is 0.322. The Hall–Kier alpha value is -1.61. The van der Waals surface area contributed by atoms with E-state index in [1.165, 1.54) is 0 Å². The number of hydrogen-bond donors (Lipinski definition) is 0. The Balaban J connectivity index is 2.42. The van der Waals surface area contributed by atoms with Crippen LogP contribution in [0.4, 0.5) is 0 Å². The maximum atomic E-state index is 6.03. The molecular formula is C14H15ClN2O. The molecule has 0 saturated heterocycles. The largest absolute Gasteiger partial charge is 0.497 e. The summed E-state index contributed by atoms with van der Waals surface area (Å²) < 4.78 is 5.12. The molecule has 0 N–H and O–H groups in total. The molecule has 0 aliphatic rings. The van der Waals surface area contributed by atoms with Crippen LogP contribution < -0.4 is 4.74 Å². The molecule has 0 fully saturated rings. The molecule has 0 aliphatic heterocycles.